The van der Waals surface area contributed by atoms with Crippen molar-refractivity contribution in [2.75, 3.05) is 68.0 Å². The highest BCUT2D eigenvalue weighted by Gasteiger charge is 2.26. The molecule has 1 fully saturated rings. The number of aromatic nitrogens is 3. The zero-order valence-electron chi connectivity index (χ0n) is 23.0. The van der Waals surface area contributed by atoms with Gasteiger partial charge < -0.3 is 35.0 Å². The SMILES string of the molecule is CC(C)(C)OC(=O)N1CCN(c2ccc(Nc3ncc4ccc(NC(=O)N(CCO)CCO)nc4n3)cc2)CC1. The summed E-state index contributed by atoms with van der Waals surface area (Å²) in [6.45, 7) is 7.96. The first-order chi connectivity index (χ1) is 19.1. The molecule has 0 bridgehead atoms. The van der Waals surface area contributed by atoms with Crippen molar-refractivity contribution in [3.63, 3.8) is 0 Å². The summed E-state index contributed by atoms with van der Waals surface area (Å²) in [5, 5.41) is 24.8. The molecule has 0 spiro atoms. The lowest BCUT2D eigenvalue weighted by molar-refractivity contribution is 0.0240. The molecule has 1 aliphatic heterocycles. The highest BCUT2D eigenvalue weighted by molar-refractivity contribution is 5.89. The molecule has 13 heteroatoms. The van der Waals surface area contributed by atoms with Gasteiger partial charge in [-0.15, -0.1) is 0 Å². The number of pyridine rings is 1. The molecule has 0 aliphatic carbocycles. The fourth-order valence-corrected chi connectivity index (χ4v) is 4.14. The van der Waals surface area contributed by atoms with E-state index in [9.17, 15) is 9.59 Å². The van der Waals surface area contributed by atoms with Crippen LogP contribution < -0.4 is 15.5 Å². The fraction of sp³-hybridized carbons (Fsp3) is 0.444. The molecule has 4 rings (SSSR count). The van der Waals surface area contributed by atoms with Gasteiger partial charge in [0.15, 0.2) is 5.65 Å². The molecule has 0 atom stereocenters. The van der Waals surface area contributed by atoms with E-state index in [1.807, 2.05) is 45.0 Å². The van der Waals surface area contributed by atoms with E-state index in [1.54, 1.807) is 23.2 Å². The van der Waals surface area contributed by atoms with E-state index in [0.717, 1.165) is 11.4 Å². The van der Waals surface area contributed by atoms with E-state index in [2.05, 4.69) is 30.5 Å². The Hall–Kier alpha value is -4.23. The second kappa shape index (κ2) is 12.7. The lowest BCUT2D eigenvalue weighted by Gasteiger charge is -2.36. The van der Waals surface area contributed by atoms with E-state index in [-0.39, 0.29) is 32.4 Å². The maximum Gasteiger partial charge on any atom is 0.410 e. The number of carbonyl (C=O) groups is 2. The van der Waals surface area contributed by atoms with Crippen LogP contribution in [0.3, 0.4) is 0 Å². The van der Waals surface area contributed by atoms with Gasteiger partial charge in [0.2, 0.25) is 5.95 Å². The van der Waals surface area contributed by atoms with E-state index < -0.39 is 11.6 Å². The average molecular weight is 553 g/mol. The molecule has 0 saturated carbocycles. The van der Waals surface area contributed by atoms with Gasteiger partial charge in [-0.25, -0.2) is 19.6 Å². The Balaban J connectivity index is 1.36. The first-order valence-corrected chi connectivity index (χ1v) is 13.2. The number of anilines is 4. The topological polar surface area (TPSA) is 156 Å². The molecular formula is C27H36N8O5. The van der Waals surface area contributed by atoms with Gasteiger partial charge in [-0.3, -0.25) is 5.32 Å². The normalized spacial score (nSPS) is 13.7. The van der Waals surface area contributed by atoms with Crippen LogP contribution in [0.15, 0.2) is 42.6 Å². The molecule has 0 unspecified atom stereocenters. The number of nitrogens with zero attached hydrogens (tertiary/aromatic N) is 6. The summed E-state index contributed by atoms with van der Waals surface area (Å²) in [6.07, 6.45) is 1.36. The third-order valence-electron chi connectivity index (χ3n) is 6.13. The number of fused-ring (bicyclic) bond motifs is 1. The number of amides is 3. The van der Waals surface area contributed by atoms with Gasteiger partial charge in [-0.1, -0.05) is 0 Å². The van der Waals surface area contributed by atoms with Gasteiger partial charge >= 0.3 is 12.1 Å². The standard InChI is InChI=1S/C27H36N8O5/c1-27(2,3)40-26(39)35-12-10-33(11-13-35)21-7-5-20(6-8-21)29-24-28-18-19-4-9-22(30-23(19)32-24)31-25(38)34(14-16-36)15-17-37/h4-9,18,36-37H,10-17H2,1-3H3,(H2,28,29,30,31,32,38). The molecule has 4 N–H and O–H groups in total. The predicted octanol–water partition coefficient (Wildman–Crippen LogP) is 2.64. The lowest BCUT2D eigenvalue weighted by atomic mass is 10.2. The third kappa shape index (κ3) is 7.67. The predicted molar refractivity (Wildman–Crippen MR) is 152 cm³/mol. The monoisotopic (exact) mass is 552 g/mol. The summed E-state index contributed by atoms with van der Waals surface area (Å²) in [5.41, 5.74) is 1.73. The molecule has 2 aromatic heterocycles. The number of aliphatic hydroxyl groups excluding tert-OH is 2. The van der Waals surface area contributed by atoms with Crippen molar-refractivity contribution in [3.8, 4) is 0 Å². The minimum absolute atomic E-state index is 0.0945. The molecule has 3 aromatic rings. The molecule has 1 aromatic carbocycles. The van der Waals surface area contributed by atoms with Crippen LogP contribution in [0.4, 0.5) is 32.7 Å². The number of piperazine rings is 1. The molecule has 40 heavy (non-hydrogen) atoms. The van der Waals surface area contributed by atoms with Crippen molar-refractivity contribution in [1.29, 1.82) is 0 Å². The van der Waals surface area contributed by atoms with Crippen molar-refractivity contribution in [2.45, 2.75) is 26.4 Å². The zero-order chi connectivity index (χ0) is 28.7. The molecule has 1 aliphatic rings. The largest absolute Gasteiger partial charge is 0.444 e. The van der Waals surface area contributed by atoms with Crippen LogP contribution in [-0.4, -0.2) is 105 Å². The van der Waals surface area contributed by atoms with Crippen LogP contribution >= 0.6 is 0 Å². The van der Waals surface area contributed by atoms with E-state index in [4.69, 9.17) is 14.9 Å². The first kappa shape index (κ1) is 28.8. The summed E-state index contributed by atoms with van der Waals surface area (Å²) in [7, 11) is 0. The third-order valence-corrected chi connectivity index (χ3v) is 6.13. The Bertz CT molecular complexity index is 1300. The van der Waals surface area contributed by atoms with Crippen LogP contribution in [0.1, 0.15) is 20.8 Å². The van der Waals surface area contributed by atoms with Crippen molar-refractivity contribution >= 4 is 46.3 Å². The molecule has 3 heterocycles. The van der Waals surface area contributed by atoms with E-state index in [0.29, 0.717) is 49.0 Å². The Morgan fingerprint density at radius 1 is 0.975 bits per heavy atom. The number of carbonyl (C=O) groups excluding carboxylic acids is 2. The first-order valence-electron chi connectivity index (χ1n) is 13.2. The highest BCUT2D eigenvalue weighted by Crippen LogP contribution is 2.23. The van der Waals surface area contributed by atoms with Crippen molar-refractivity contribution in [2.24, 2.45) is 0 Å². The van der Waals surface area contributed by atoms with Crippen molar-refractivity contribution < 1.29 is 24.5 Å². The van der Waals surface area contributed by atoms with Crippen molar-refractivity contribution in [3.05, 3.63) is 42.6 Å². The summed E-state index contributed by atoms with van der Waals surface area (Å²) in [6, 6.07) is 10.8. The maximum absolute atomic E-state index is 12.5. The van der Waals surface area contributed by atoms with E-state index in [1.165, 1.54) is 4.90 Å². The second-order valence-corrected chi connectivity index (χ2v) is 10.3. The number of hydrogen-bond acceptors (Lipinski definition) is 10. The Morgan fingerprint density at radius 2 is 1.65 bits per heavy atom. The van der Waals surface area contributed by atoms with Crippen LogP contribution in [0, 0.1) is 0 Å². The molecule has 214 valence electrons. The minimum atomic E-state index is -0.511. The van der Waals surface area contributed by atoms with E-state index >= 15 is 0 Å². The zero-order valence-corrected chi connectivity index (χ0v) is 23.0. The Morgan fingerprint density at radius 3 is 2.27 bits per heavy atom. The van der Waals surface area contributed by atoms with Crippen molar-refractivity contribution in [1.82, 2.24) is 24.8 Å². The molecule has 1 saturated heterocycles. The number of nitrogens with one attached hydrogen (secondary N) is 2. The molecule has 3 amide bonds. The van der Waals surface area contributed by atoms with Gasteiger partial charge in [-0.05, 0) is 57.2 Å². The van der Waals surface area contributed by atoms with Crippen LogP contribution in [0.25, 0.3) is 11.0 Å². The minimum Gasteiger partial charge on any atom is -0.444 e. The Labute approximate surface area is 232 Å². The van der Waals surface area contributed by atoms with Gasteiger partial charge in [0.25, 0.3) is 0 Å². The van der Waals surface area contributed by atoms with Crippen LogP contribution in [0.5, 0.6) is 0 Å². The average Bonchev–Trinajstić information content (AvgIpc) is 2.92. The number of urea groups is 1. The summed E-state index contributed by atoms with van der Waals surface area (Å²) in [4.78, 5) is 43.3. The van der Waals surface area contributed by atoms with Gasteiger partial charge in [-0.2, -0.15) is 4.98 Å². The smallest absolute Gasteiger partial charge is 0.410 e. The van der Waals surface area contributed by atoms with Crippen LogP contribution in [0.2, 0.25) is 0 Å². The highest BCUT2D eigenvalue weighted by atomic mass is 16.6. The van der Waals surface area contributed by atoms with Gasteiger partial charge in [0, 0.05) is 62.2 Å². The number of aliphatic hydroxyl groups is 2. The number of rotatable bonds is 8. The quantitative estimate of drug-likeness (QED) is 0.328. The number of ether oxygens (including phenoxy) is 1. The maximum atomic E-state index is 12.5. The lowest BCUT2D eigenvalue weighted by Crippen LogP contribution is -2.50. The summed E-state index contributed by atoms with van der Waals surface area (Å²) >= 11 is 0. The number of benzene rings is 1. The fourth-order valence-electron chi connectivity index (χ4n) is 4.14. The van der Waals surface area contributed by atoms with Crippen LogP contribution in [-0.2, 0) is 4.74 Å². The molecule has 13 nitrogen and oxygen atoms in total. The Kier molecular flexibility index (Phi) is 9.17. The molecular weight excluding hydrogens is 516 g/mol. The van der Waals surface area contributed by atoms with Gasteiger partial charge in [0.05, 0.1) is 13.2 Å². The number of hydrogen-bond donors (Lipinski definition) is 4. The summed E-state index contributed by atoms with van der Waals surface area (Å²) < 4.78 is 5.47. The van der Waals surface area contributed by atoms with Gasteiger partial charge in [0.1, 0.15) is 11.4 Å². The second-order valence-electron chi connectivity index (χ2n) is 10.3. The molecule has 0 radical (unpaired) electrons. The summed E-state index contributed by atoms with van der Waals surface area (Å²) in [5.74, 6) is 0.642.